The number of nitrogens with one attached hydrogen (secondary N) is 1. The van der Waals surface area contributed by atoms with Crippen LogP contribution in [-0.4, -0.2) is 67.8 Å². The Morgan fingerprint density at radius 3 is 2.72 bits per heavy atom. The van der Waals surface area contributed by atoms with Crippen molar-refractivity contribution >= 4 is 23.0 Å². The van der Waals surface area contributed by atoms with Crippen LogP contribution in [0.15, 0.2) is 36.4 Å². The summed E-state index contributed by atoms with van der Waals surface area (Å²) in [6.07, 6.45) is 1.25. The lowest BCUT2D eigenvalue weighted by atomic mass is 10.1. The van der Waals surface area contributed by atoms with E-state index < -0.39 is 0 Å². The summed E-state index contributed by atoms with van der Waals surface area (Å²) in [5.41, 5.74) is 1.63. The maximum Gasteiger partial charge on any atom is 0.161 e. The van der Waals surface area contributed by atoms with Gasteiger partial charge in [0.05, 0.1) is 19.2 Å². The third kappa shape index (κ3) is 5.02. The minimum atomic E-state index is -0.261. The molecule has 0 radical (unpaired) electrons. The molecule has 1 atom stereocenters. The molecular weight excluding hydrogens is 411 g/mol. The van der Waals surface area contributed by atoms with Crippen LogP contribution in [0.3, 0.4) is 0 Å². The van der Waals surface area contributed by atoms with Gasteiger partial charge in [-0.15, -0.1) is 0 Å². The number of H-pyrrole nitrogens is 1. The van der Waals surface area contributed by atoms with E-state index in [-0.39, 0.29) is 5.82 Å². The smallest absolute Gasteiger partial charge is 0.161 e. The van der Waals surface area contributed by atoms with Gasteiger partial charge in [0.2, 0.25) is 0 Å². The van der Waals surface area contributed by atoms with E-state index in [2.05, 4.69) is 26.9 Å². The van der Waals surface area contributed by atoms with Gasteiger partial charge in [-0.25, -0.2) is 4.39 Å². The molecule has 1 saturated heterocycles. The summed E-state index contributed by atoms with van der Waals surface area (Å²) in [4.78, 5) is 15.4. The van der Waals surface area contributed by atoms with Crippen molar-refractivity contribution in [3.63, 3.8) is 0 Å². The molecule has 0 saturated carbocycles. The van der Waals surface area contributed by atoms with E-state index in [9.17, 15) is 9.18 Å². The summed E-state index contributed by atoms with van der Waals surface area (Å²) >= 11 is 0. The van der Waals surface area contributed by atoms with Gasteiger partial charge in [-0.1, -0.05) is 13.0 Å². The van der Waals surface area contributed by atoms with E-state index in [4.69, 9.17) is 9.47 Å². The van der Waals surface area contributed by atoms with Crippen molar-refractivity contribution in [2.75, 3.05) is 51.3 Å². The molecule has 3 aromatic rings. The van der Waals surface area contributed by atoms with E-state index in [0.717, 1.165) is 61.3 Å². The number of aromatic amines is 1. The summed E-state index contributed by atoms with van der Waals surface area (Å²) in [5.74, 6) is 2.32. The standard InChI is InChI=1S/C24H29FN4O3/c1-17(16-32-22-6-3-18(7-12-30)13-23(22)31-2)15-28-8-10-29(11-9-28)24-20-5-4-19(25)14-21(20)26-27-24/h3-6,12-14,17H,7-11,15-16H2,1-2H3,(H,26,27). The Labute approximate surface area is 187 Å². The Kier molecular flexibility index (Phi) is 6.90. The number of carbonyl (C=O) groups is 1. The number of aldehydes is 1. The van der Waals surface area contributed by atoms with E-state index in [1.807, 2.05) is 18.2 Å². The van der Waals surface area contributed by atoms with Crippen LogP contribution in [0.5, 0.6) is 11.5 Å². The number of aromatic nitrogens is 2. The van der Waals surface area contributed by atoms with Crippen LogP contribution in [0.2, 0.25) is 0 Å². The first-order valence-electron chi connectivity index (χ1n) is 10.9. The van der Waals surface area contributed by atoms with Crippen LogP contribution in [0, 0.1) is 11.7 Å². The van der Waals surface area contributed by atoms with Gasteiger partial charge in [0.15, 0.2) is 17.3 Å². The highest BCUT2D eigenvalue weighted by atomic mass is 19.1. The Morgan fingerprint density at radius 2 is 1.97 bits per heavy atom. The van der Waals surface area contributed by atoms with Crippen molar-refractivity contribution in [1.29, 1.82) is 0 Å². The second-order valence-corrected chi connectivity index (χ2v) is 8.30. The quantitative estimate of drug-likeness (QED) is 0.515. The Morgan fingerprint density at radius 1 is 1.16 bits per heavy atom. The molecule has 7 nitrogen and oxygen atoms in total. The molecule has 1 fully saturated rings. The predicted molar refractivity (Wildman–Crippen MR) is 122 cm³/mol. The first-order valence-corrected chi connectivity index (χ1v) is 10.9. The maximum atomic E-state index is 13.4. The SMILES string of the molecule is COc1cc(CC=O)ccc1OCC(C)CN1CCN(c2n[nH]c3cc(F)ccc23)CC1. The number of rotatable bonds is 9. The minimum Gasteiger partial charge on any atom is -0.493 e. The summed E-state index contributed by atoms with van der Waals surface area (Å²) in [6, 6.07) is 10.3. The fourth-order valence-corrected chi connectivity index (χ4v) is 4.14. The zero-order valence-corrected chi connectivity index (χ0v) is 18.5. The highest BCUT2D eigenvalue weighted by Gasteiger charge is 2.22. The number of ether oxygens (including phenoxy) is 2. The molecular formula is C24H29FN4O3. The van der Waals surface area contributed by atoms with Crippen LogP contribution in [-0.2, 0) is 11.2 Å². The van der Waals surface area contributed by atoms with Gasteiger partial charge < -0.3 is 19.2 Å². The van der Waals surface area contributed by atoms with E-state index >= 15 is 0 Å². The van der Waals surface area contributed by atoms with Crippen LogP contribution in [0.4, 0.5) is 10.2 Å². The molecule has 8 heteroatoms. The number of carbonyl (C=O) groups excluding carboxylic acids is 1. The average Bonchev–Trinajstić information content (AvgIpc) is 3.21. The first kappa shape index (κ1) is 22.1. The number of halogens is 1. The van der Waals surface area contributed by atoms with Crippen LogP contribution >= 0.6 is 0 Å². The molecule has 0 spiro atoms. The molecule has 170 valence electrons. The zero-order valence-electron chi connectivity index (χ0n) is 18.5. The normalized spacial score (nSPS) is 15.7. The number of benzene rings is 2. The summed E-state index contributed by atoms with van der Waals surface area (Å²) in [5, 5.41) is 8.29. The van der Waals surface area contributed by atoms with E-state index in [1.165, 1.54) is 12.1 Å². The van der Waals surface area contributed by atoms with E-state index in [1.54, 1.807) is 13.2 Å². The minimum absolute atomic E-state index is 0.261. The van der Waals surface area contributed by atoms with Crippen molar-refractivity contribution in [3.8, 4) is 11.5 Å². The van der Waals surface area contributed by atoms with Crippen molar-refractivity contribution < 1.29 is 18.7 Å². The predicted octanol–water partition coefficient (Wildman–Crippen LogP) is 3.29. The maximum absolute atomic E-state index is 13.4. The summed E-state index contributed by atoms with van der Waals surface area (Å²) in [6.45, 7) is 7.31. The first-order chi connectivity index (χ1) is 15.6. The van der Waals surface area contributed by atoms with Crippen molar-refractivity contribution in [2.45, 2.75) is 13.3 Å². The number of methoxy groups -OCH3 is 1. The highest BCUT2D eigenvalue weighted by Crippen LogP contribution is 2.29. The van der Waals surface area contributed by atoms with Gasteiger partial charge in [-0.2, -0.15) is 5.10 Å². The third-order valence-electron chi connectivity index (χ3n) is 5.82. The number of piperazine rings is 1. The third-order valence-corrected chi connectivity index (χ3v) is 5.82. The number of nitrogens with zero attached hydrogens (tertiary/aromatic N) is 3. The Balaban J connectivity index is 1.27. The molecule has 32 heavy (non-hydrogen) atoms. The van der Waals surface area contributed by atoms with Crippen molar-refractivity contribution in [1.82, 2.24) is 15.1 Å². The van der Waals surface area contributed by atoms with Gasteiger partial charge in [0.1, 0.15) is 12.1 Å². The molecule has 1 unspecified atom stereocenters. The molecule has 4 rings (SSSR count). The monoisotopic (exact) mass is 440 g/mol. The number of hydrogen-bond acceptors (Lipinski definition) is 6. The molecule has 1 aromatic heterocycles. The van der Waals surface area contributed by atoms with Crippen molar-refractivity contribution in [2.24, 2.45) is 5.92 Å². The van der Waals surface area contributed by atoms with Gasteiger partial charge >= 0.3 is 0 Å². The fourth-order valence-electron chi connectivity index (χ4n) is 4.14. The Hall–Kier alpha value is -3.13. The van der Waals surface area contributed by atoms with Crippen LogP contribution < -0.4 is 14.4 Å². The zero-order chi connectivity index (χ0) is 22.5. The van der Waals surface area contributed by atoms with Crippen molar-refractivity contribution in [3.05, 3.63) is 47.8 Å². The Bertz CT molecular complexity index is 1060. The largest absolute Gasteiger partial charge is 0.493 e. The summed E-state index contributed by atoms with van der Waals surface area (Å²) in [7, 11) is 1.61. The molecule has 0 amide bonds. The van der Waals surface area contributed by atoms with Crippen LogP contribution in [0.25, 0.3) is 10.9 Å². The topological polar surface area (TPSA) is 70.7 Å². The summed E-state index contributed by atoms with van der Waals surface area (Å²) < 4.78 is 24.8. The molecule has 1 N–H and O–H groups in total. The average molecular weight is 441 g/mol. The second kappa shape index (κ2) is 9.99. The number of fused-ring (bicyclic) bond motifs is 1. The number of hydrogen-bond donors (Lipinski definition) is 1. The fraction of sp³-hybridized carbons (Fsp3) is 0.417. The molecule has 2 aromatic carbocycles. The molecule has 2 heterocycles. The van der Waals surface area contributed by atoms with Gasteiger partial charge in [-0.3, -0.25) is 10.00 Å². The van der Waals surface area contributed by atoms with E-state index in [0.29, 0.717) is 30.4 Å². The molecule has 1 aliphatic heterocycles. The molecule has 0 bridgehead atoms. The van der Waals surface area contributed by atoms with Crippen LogP contribution in [0.1, 0.15) is 12.5 Å². The lowest BCUT2D eigenvalue weighted by molar-refractivity contribution is -0.107. The van der Waals surface area contributed by atoms with Gasteiger partial charge in [-0.05, 0) is 35.9 Å². The lowest BCUT2D eigenvalue weighted by Crippen LogP contribution is -2.48. The second-order valence-electron chi connectivity index (χ2n) is 8.30. The highest BCUT2D eigenvalue weighted by molar-refractivity contribution is 5.90. The number of anilines is 1. The van der Waals surface area contributed by atoms with Gasteiger partial charge in [0, 0.05) is 50.4 Å². The lowest BCUT2D eigenvalue weighted by Gasteiger charge is -2.36. The molecule has 1 aliphatic rings. The van der Waals surface area contributed by atoms with Gasteiger partial charge in [0.25, 0.3) is 0 Å². The molecule has 0 aliphatic carbocycles.